The molecule has 2 aromatic rings. The molecule has 1 fully saturated rings. The number of ether oxygens (including phenoxy) is 1. The van der Waals surface area contributed by atoms with Crippen LogP contribution >= 0.6 is 23.2 Å². The van der Waals surface area contributed by atoms with Crippen LogP contribution < -0.4 is 4.74 Å². The molecule has 5 heteroatoms. The minimum Gasteiger partial charge on any atom is -0.496 e. The second kappa shape index (κ2) is 9.29. The van der Waals surface area contributed by atoms with E-state index >= 15 is 0 Å². The Hall–Kier alpha value is -1.97. The minimum atomic E-state index is 0.186. The molecule has 0 radical (unpaired) electrons. The first kappa shape index (κ1) is 19.8. The van der Waals surface area contributed by atoms with E-state index in [9.17, 15) is 4.79 Å². The highest BCUT2D eigenvalue weighted by Crippen LogP contribution is 2.31. The molecular formula is C22H23Cl2NO2. The predicted molar refractivity (Wildman–Crippen MR) is 111 cm³/mol. The van der Waals surface area contributed by atoms with Gasteiger partial charge in [0, 0.05) is 34.6 Å². The smallest absolute Gasteiger partial charge is 0.225 e. The van der Waals surface area contributed by atoms with E-state index in [1.807, 2.05) is 53.5 Å². The monoisotopic (exact) mass is 403 g/mol. The van der Waals surface area contributed by atoms with Crippen molar-refractivity contribution in [1.82, 2.24) is 4.90 Å². The predicted octanol–water partition coefficient (Wildman–Crippen LogP) is 5.50. The number of hydrogen-bond acceptors (Lipinski definition) is 2. The molecule has 0 heterocycles. The van der Waals surface area contributed by atoms with Gasteiger partial charge in [-0.05, 0) is 43.0 Å². The minimum absolute atomic E-state index is 0.186. The second-order valence-corrected chi connectivity index (χ2v) is 7.53. The summed E-state index contributed by atoms with van der Waals surface area (Å²) in [4.78, 5) is 14.6. The van der Waals surface area contributed by atoms with Crippen LogP contribution in [0.5, 0.6) is 5.75 Å². The molecule has 0 spiro atoms. The lowest BCUT2D eigenvalue weighted by Crippen LogP contribution is -2.34. The van der Waals surface area contributed by atoms with Gasteiger partial charge in [0.05, 0.1) is 7.11 Å². The van der Waals surface area contributed by atoms with E-state index in [1.54, 1.807) is 13.2 Å². The van der Waals surface area contributed by atoms with E-state index in [1.165, 1.54) is 0 Å². The molecule has 1 amide bonds. The highest BCUT2D eigenvalue weighted by Gasteiger charge is 2.32. The third kappa shape index (κ3) is 5.50. The summed E-state index contributed by atoms with van der Waals surface area (Å²) in [7, 11) is 1.66. The number of para-hydroxylation sites is 1. The van der Waals surface area contributed by atoms with Gasteiger partial charge >= 0.3 is 0 Å². The summed E-state index contributed by atoms with van der Waals surface area (Å²) < 4.78 is 5.37. The quantitative estimate of drug-likeness (QED) is 0.582. The lowest BCUT2D eigenvalue weighted by atomic mass is 10.1. The van der Waals surface area contributed by atoms with Gasteiger partial charge in [-0.2, -0.15) is 0 Å². The molecule has 0 unspecified atom stereocenters. The van der Waals surface area contributed by atoms with Gasteiger partial charge in [0.15, 0.2) is 0 Å². The largest absolute Gasteiger partial charge is 0.496 e. The average molecular weight is 404 g/mol. The molecule has 0 aliphatic heterocycles. The Labute approximate surface area is 170 Å². The fraction of sp³-hybridized carbons (Fsp3) is 0.318. The van der Waals surface area contributed by atoms with Crippen LogP contribution in [0.1, 0.15) is 24.0 Å². The lowest BCUT2D eigenvalue weighted by Gasteiger charge is -2.21. The van der Waals surface area contributed by atoms with Gasteiger partial charge in [0.25, 0.3) is 0 Å². The summed E-state index contributed by atoms with van der Waals surface area (Å²) >= 11 is 12.2. The van der Waals surface area contributed by atoms with Gasteiger partial charge in [0.2, 0.25) is 5.91 Å². The molecule has 0 saturated heterocycles. The fourth-order valence-corrected chi connectivity index (χ4v) is 3.47. The topological polar surface area (TPSA) is 29.5 Å². The zero-order valence-corrected chi connectivity index (χ0v) is 16.8. The number of halogens is 2. The summed E-state index contributed by atoms with van der Waals surface area (Å²) in [5.41, 5.74) is 2.00. The molecule has 2 aromatic carbocycles. The average Bonchev–Trinajstić information content (AvgIpc) is 3.50. The second-order valence-electron chi connectivity index (χ2n) is 6.69. The van der Waals surface area contributed by atoms with Crippen LogP contribution in [-0.2, 0) is 11.2 Å². The number of rotatable bonds is 8. The van der Waals surface area contributed by atoms with Crippen molar-refractivity contribution in [3.8, 4) is 5.75 Å². The van der Waals surface area contributed by atoms with Gasteiger partial charge in [-0.1, -0.05) is 59.6 Å². The zero-order chi connectivity index (χ0) is 19.2. The molecule has 1 aliphatic carbocycles. The number of amides is 1. The summed E-state index contributed by atoms with van der Waals surface area (Å²) in [6.07, 6.45) is 6.71. The Balaban J connectivity index is 1.66. The molecule has 0 N–H and O–H groups in total. The molecule has 1 aliphatic rings. The Bertz CT molecular complexity index is 831. The number of carbonyl (C=O) groups is 1. The maximum atomic E-state index is 12.6. The molecule has 3 rings (SSSR count). The Morgan fingerprint density at radius 2 is 2.00 bits per heavy atom. The Kier molecular flexibility index (Phi) is 6.81. The molecule has 0 aromatic heterocycles. The number of methoxy groups -OCH3 is 1. The number of hydrogen-bond donors (Lipinski definition) is 0. The highest BCUT2D eigenvalue weighted by atomic mass is 35.5. The van der Waals surface area contributed by atoms with Crippen molar-refractivity contribution in [2.24, 2.45) is 5.92 Å². The normalized spacial score (nSPS) is 13.7. The lowest BCUT2D eigenvalue weighted by molar-refractivity contribution is -0.132. The first-order valence-electron chi connectivity index (χ1n) is 9.10. The van der Waals surface area contributed by atoms with E-state index in [2.05, 4.69) is 0 Å². The summed E-state index contributed by atoms with van der Waals surface area (Å²) in [6, 6.07) is 13.3. The van der Waals surface area contributed by atoms with Crippen molar-refractivity contribution in [2.75, 3.05) is 20.2 Å². The van der Waals surface area contributed by atoms with E-state index in [0.29, 0.717) is 29.6 Å². The van der Waals surface area contributed by atoms with Crippen molar-refractivity contribution in [3.63, 3.8) is 0 Å². The van der Waals surface area contributed by atoms with Crippen LogP contribution in [0.4, 0.5) is 0 Å². The van der Waals surface area contributed by atoms with Gasteiger partial charge < -0.3 is 9.64 Å². The first-order chi connectivity index (χ1) is 13.1. The Morgan fingerprint density at radius 3 is 2.70 bits per heavy atom. The summed E-state index contributed by atoms with van der Waals surface area (Å²) in [6.45, 7) is 1.20. The molecule has 0 atom stereocenters. The molecule has 1 saturated carbocycles. The molecule has 142 valence electrons. The SMILES string of the molecule is COc1ccccc1/C=C/CN(CCc1ccc(Cl)cc1Cl)C(=O)C1CC1. The van der Waals surface area contributed by atoms with Gasteiger partial charge in [-0.25, -0.2) is 0 Å². The Morgan fingerprint density at radius 1 is 1.22 bits per heavy atom. The first-order valence-corrected chi connectivity index (χ1v) is 9.86. The van der Waals surface area contributed by atoms with Crippen LogP contribution in [0.3, 0.4) is 0 Å². The molecular weight excluding hydrogens is 381 g/mol. The molecule has 3 nitrogen and oxygen atoms in total. The van der Waals surface area contributed by atoms with E-state index in [0.717, 1.165) is 29.7 Å². The summed E-state index contributed by atoms with van der Waals surface area (Å²) in [5.74, 6) is 1.23. The van der Waals surface area contributed by atoms with Crippen LogP contribution in [0.2, 0.25) is 10.0 Å². The standard InChI is InChI=1S/C22H23Cl2NO2/c1-27-21-7-3-2-5-17(21)6-4-13-25(22(26)18-8-9-18)14-12-16-10-11-19(23)15-20(16)24/h2-7,10-11,15,18H,8-9,12-14H2,1H3/b6-4+. The van der Waals surface area contributed by atoms with Crippen LogP contribution in [0, 0.1) is 5.92 Å². The van der Waals surface area contributed by atoms with Crippen molar-refractivity contribution in [2.45, 2.75) is 19.3 Å². The zero-order valence-electron chi connectivity index (χ0n) is 15.3. The maximum absolute atomic E-state index is 12.6. The van der Waals surface area contributed by atoms with Crippen LogP contribution in [0.25, 0.3) is 6.08 Å². The highest BCUT2D eigenvalue weighted by molar-refractivity contribution is 6.35. The van der Waals surface area contributed by atoms with E-state index in [4.69, 9.17) is 27.9 Å². The number of carbonyl (C=O) groups excluding carboxylic acids is 1. The van der Waals surface area contributed by atoms with Crippen LogP contribution in [0.15, 0.2) is 48.5 Å². The van der Waals surface area contributed by atoms with Gasteiger partial charge in [-0.3, -0.25) is 4.79 Å². The van der Waals surface area contributed by atoms with Crippen molar-refractivity contribution in [1.29, 1.82) is 0 Å². The third-order valence-electron chi connectivity index (χ3n) is 4.67. The van der Waals surface area contributed by atoms with Gasteiger partial charge in [0.1, 0.15) is 5.75 Å². The van der Waals surface area contributed by atoms with E-state index in [-0.39, 0.29) is 11.8 Å². The number of benzene rings is 2. The molecule has 0 bridgehead atoms. The maximum Gasteiger partial charge on any atom is 0.225 e. The van der Waals surface area contributed by atoms with Crippen molar-refractivity contribution < 1.29 is 9.53 Å². The van der Waals surface area contributed by atoms with Crippen LogP contribution in [-0.4, -0.2) is 31.0 Å². The summed E-state index contributed by atoms with van der Waals surface area (Å²) in [5, 5.41) is 1.26. The van der Waals surface area contributed by atoms with Gasteiger partial charge in [-0.15, -0.1) is 0 Å². The van der Waals surface area contributed by atoms with Crippen molar-refractivity contribution >= 4 is 35.2 Å². The van der Waals surface area contributed by atoms with Crippen molar-refractivity contribution in [3.05, 3.63) is 69.7 Å². The number of nitrogens with zero attached hydrogens (tertiary/aromatic N) is 1. The fourth-order valence-electron chi connectivity index (χ4n) is 2.97. The van der Waals surface area contributed by atoms with E-state index < -0.39 is 0 Å². The molecule has 27 heavy (non-hydrogen) atoms. The third-order valence-corrected chi connectivity index (χ3v) is 5.25.